The van der Waals surface area contributed by atoms with Crippen LogP contribution in [0, 0.1) is 11.8 Å². The summed E-state index contributed by atoms with van der Waals surface area (Å²) in [5.41, 5.74) is 7.48. The zero-order chi connectivity index (χ0) is 12.0. The molecule has 0 unspecified atom stereocenters. The number of carbonyl (C=O) groups excluding carboxylic acids is 2. The minimum absolute atomic E-state index is 0.156. The van der Waals surface area contributed by atoms with Crippen molar-refractivity contribution in [3.63, 3.8) is 0 Å². The van der Waals surface area contributed by atoms with Gasteiger partial charge in [0.25, 0.3) is 0 Å². The Labute approximate surface area is 98.6 Å². The topological polar surface area (TPSA) is 75.4 Å². The molecular formula is C12H13N3O2. The third-order valence-electron chi connectivity index (χ3n) is 3.52. The molecule has 5 heteroatoms. The van der Waals surface area contributed by atoms with Gasteiger partial charge in [0, 0.05) is 13.1 Å². The predicted molar refractivity (Wildman–Crippen MR) is 63.2 cm³/mol. The number of imide groups is 1. The number of carbonyl (C=O) groups is 2. The lowest BCUT2D eigenvalue weighted by Gasteiger charge is -2.20. The first-order valence-electron chi connectivity index (χ1n) is 5.61. The van der Waals surface area contributed by atoms with E-state index in [2.05, 4.69) is 5.32 Å². The SMILES string of the molecule is Nc1ccccc1N1C[C@@H]2C(=O)NC(=O)[C@H]2C1. The van der Waals surface area contributed by atoms with Crippen molar-refractivity contribution in [3.05, 3.63) is 24.3 Å². The van der Waals surface area contributed by atoms with Gasteiger partial charge in [-0.05, 0) is 12.1 Å². The molecule has 1 aromatic carbocycles. The van der Waals surface area contributed by atoms with E-state index in [0.717, 1.165) is 5.69 Å². The molecule has 0 aliphatic carbocycles. The van der Waals surface area contributed by atoms with Crippen molar-refractivity contribution < 1.29 is 9.59 Å². The molecule has 3 rings (SSSR count). The summed E-state index contributed by atoms with van der Waals surface area (Å²) in [5, 5.41) is 2.37. The second-order valence-corrected chi connectivity index (χ2v) is 4.53. The van der Waals surface area contributed by atoms with Crippen LogP contribution < -0.4 is 16.0 Å². The maximum absolute atomic E-state index is 11.5. The fourth-order valence-electron chi connectivity index (χ4n) is 2.61. The number of hydrogen-bond acceptors (Lipinski definition) is 4. The molecule has 0 bridgehead atoms. The molecule has 3 N–H and O–H groups in total. The van der Waals surface area contributed by atoms with Gasteiger partial charge in [-0.2, -0.15) is 0 Å². The van der Waals surface area contributed by atoms with E-state index in [9.17, 15) is 9.59 Å². The van der Waals surface area contributed by atoms with Gasteiger partial charge in [0.2, 0.25) is 11.8 Å². The monoisotopic (exact) mass is 231 g/mol. The number of amides is 2. The second-order valence-electron chi connectivity index (χ2n) is 4.53. The highest BCUT2D eigenvalue weighted by Crippen LogP contribution is 2.34. The Morgan fingerprint density at radius 3 is 2.29 bits per heavy atom. The molecule has 2 saturated heterocycles. The van der Waals surface area contributed by atoms with Crippen LogP contribution in [0.25, 0.3) is 0 Å². The van der Waals surface area contributed by atoms with Crippen LogP contribution in [0.2, 0.25) is 0 Å². The normalized spacial score (nSPS) is 27.2. The van der Waals surface area contributed by atoms with E-state index >= 15 is 0 Å². The van der Waals surface area contributed by atoms with E-state index in [1.54, 1.807) is 0 Å². The lowest BCUT2D eigenvalue weighted by atomic mass is 10.00. The first-order chi connectivity index (χ1) is 8.16. The molecule has 0 saturated carbocycles. The number of benzene rings is 1. The minimum atomic E-state index is -0.220. The summed E-state index contributed by atoms with van der Waals surface area (Å²) in [7, 11) is 0. The number of anilines is 2. The Kier molecular flexibility index (Phi) is 2.07. The molecule has 1 aromatic rings. The third-order valence-corrected chi connectivity index (χ3v) is 3.52. The summed E-state index contributed by atoms with van der Waals surface area (Å²) < 4.78 is 0. The van der Waals surface area contributed by atoms with Gasteiger partial charge in [-0.3, -0.25) is 14.9 Å². The van der Waals surface area contributed by atoms with Gasteiger partial charge < -0.3 is 10.6 Å². The third kappa shape index (κ3) is 1.46. The number of hydrogen-bond donors (Lipinski definition) is 2. The van der Waals surface area contributed by atoms with Crippen LogP contribution in [0.4, 0.5) is 11.4 Å². The van der Waals surface area contributed by atoms with Gasteiger partial charge in [-0.1, -0.05) is 12.1 Å². The highest BCUT2D eigenvalue weighted by Gasteiger charge is 2.47. The molecule has 0 aromatic heterocycles. The molecule has 2 heterocycles. The van der Waals surface area contributed by atoms with Crippen molar-refractivity contribution in [1.82, 2.24) is 5.32 Å². The summed E-state index contributed by atoms with van der Waals surface area (Å²) in [6.07, 6.45) is 0. The number of para-hydroxylation sites is 2. The average molecular weight is 231 g/mol. The number of nitrogens with zero attached hydrogens (tertiary/aromatic N) is 1. The molecule has 0 spiro atoms. The van der Waals surface area contributed by atoms with Crippen molar-refractivity contribution in [1.29, 1.82) is 0 Å². The molecule has 2 aliphatic rings. The highest BCUT2D eigenvalue weighted by molar-refractivity contribution is 6.06. The van der Waals surface area contributed by atoms with Crippen LogP contribution in [0.1, 0.15) is 0 Å². The van der Waals surface area contributed by atoms with Gasteiger partial charge in [0.05, 0.1) is 23.2 Å². The van der Waals surface area contributed by atoms with Crippen molar-refractivity contribution in [2.45, 2.75) is 0 Å². The fraction of sp³-hybridized carbons (Fsp3) is 0.333. The summed E-state index contributed by atoms with van der Waals surface area (Å²) >= 11 is 0. The van der Waals surface area contributed by atoms with Crippen LogP contribution >= 0.6 is 0 Å². The number of nitrogens with two attached hydrogens (primary N) is 1. The Morgan fingerprint density at radius 1 is 1.12 bits per heavy atom. The van der Waals surface area contributed by atoms with Crippen LogP contribution in [-0.2, 0) is 9.59 Å². The summed E-state index contributed by atoms with van der Waals surface area (Å²) in [5.74, 6) is -0.752. The Bertz CT molecular complexity index is 478. The van der Waals surface area contributed by atoms with Crippen LogP contribution in [0.15, 0.2) is 24.3 Å². The molecule has 17 heavy (non-hydrogen) atoms. The Morgan fingerprint density at radius 2 is 1.71 bits per heavy atom. The zero-order valence-electron chi connectivity index (χ0n) is 9.22. The molecular weight excluding hydrogens is 218 g/mol. The summed E-state index contributed by atoms with van der Waals surface area (Å²) in [6, 6.07) is 7.51. The van der Waals surface area contributed by atoms with Gasteiger partial charge >= 0.3 is 0 Å². The first-order valence-corrected chi connectivity index (χ1v) is 5.61. The van der Waals surface area contributed by atoms with E-state index in [0.29, 0.717) is 18.8 Å². The van der Waals surface area contributed by atoms with E-state index in [-0.39, 0.29) is 23.7 Å². The molecule has 2 fully saturated rings. The number of nitrogens with one attached hydrogen (secondary N) is 1. The summed E-state index contributed by atoms with van der Waals surface area (Å²) in [6.45, 7) is 1.13. The number of nitrogen functional groups attached to an aromatic ring is 1. The Hall–Kier alpha value is -2.04. The summed E-state index contributed by atoms with van der Waals surface area (Å²) in [4.78, 5) is 25.1. The van der Waals surface area contributed by atoms with Crippen molar-refractivity contribution in [2.24, 2.45) is 11.8 Å². The van der Waals surface area contributed by atoms with Crippen LogP contribution in [0.3, 0.4) is 0 Å². The van der Waals surface area contributed by atoms with Crippen LogP contribution in [-0.4, -0.2) is 24.9 Å². The first kappa shape index (κ1) is 10.1. The van der Waals surface area contributed by atoms with E-state index < -0.39 is 0 Å². The van der Waals surface area contributed by atoms with Gasteiger partial charge in [-0.15, -0.1) is 0 Å². The smallest absolute Gasteiger partial charge is 0.232 e. The molecule has 2 atom stereocenters. The Balaban J connectivity index is 1.88. The maximum atomic E-state index is 11.5. The molecule has 88 valence electrons. The maximum Gasteiger partial charge on any atom is 0.232 e. The molecule has 2 aliphatic heterocycles. The minimum Gasteiger partial charge on any atom is -0.397 e. The molecule has 2 amide bonds. The number of rotatable bonds is 1. The lowest BCUT2D eigenvalue weighted by Crippen LogP contribution is -2.31. The van der Waals surface area contributed by atoms with Crippen molar-refractivity contribution in [2.75, 3.05) is 23.7 Å². The zero-order valence-corrected chi connectivity index (χ0v) is 9.22. The van der Waals surface area contributed by atoms with Crippen molar-refractivity contribution >= 4 is 23.2 Å². The molecule has 5 nitrogen and oxygen atoms in total. The largest absolute Gasteiger partial charge is 0.397 e. The predicted octanol–water partition coefficient (Wildman–Crippen LogP) is -0.0224. The van der Waals surface area contributed by atoms with E-state index in [1.165, 1.54) is 0 Å². The molecule has 0 radical (unpaired) electrons. The number of fused-ring (bicyclic) bond motifs is 1. The standard InChI is InChI=1S/C12H13N3O2/c13-9-3-1-2-4-10(9)15-5-7-8(6-15)12(17)14-11(7)16/h1-4,7-8H,5-6,13H2,(H,14,16,17)/t7-,8-/m0/s1. The lowest BCUT2D eigenvalue weighted by molar-refractivity contribution is -0.126. The van der Waals surface area contributed by atoms with E-state index in [4.69, 9.17) is 5.73 Å². The van der Waals surface area contributed by atoms with E-state index in [1.807, 2.05) is 29.2 Å². The van der Waals surface area contributed by atoms with Gasteiger partial charge in [-0.25, -0.2) is 0 Å². The van der Waals surface area contributed by atoms with Gasteiger partial charge in [0.15, 0.2) is 0 Å². The second kappa shape index (κ2) is 3.48. The van der Waals surface area contributed by atoms with Crippen molar-refractivity contribution in [3.8, 4) is 0 Å². The highest BCUT2D eigenvalue weighted by atomic mass is 16.2. The fourth-order valence-corrected chi connectivity index (χ4v) is 2.61. The average Bonchev–Trinajstić information content (AvgIpc) is 2.83. The van der Waals surface area contributed by atoms with Crippen LogP contribution in [0.5, 0.6) is 0 Å². The van der Waals surface area contributed by atoms with Gasteiger partial charge in [0.1, 0.15) is 0 Å². The quantitative estimate of drug-likeness (QED) is 0.526.